The van der Waals surface area contributed by atoms with Crippen molar-refractivity contribution >= 4 is 27.3 Å². The van der Waals surface area contributed by atoms with Crippen molar-refractivity contribution in [1.29, 1.82) is 0 Å². The second-order valence-corrected chi connectivity index (χ2v) is 13.6. The largest absolute Gasteiger partial charge is 0.434 e. The Bertz CT molecular complexity index is 1360. The first-order chi connectivity index (χ1) is 18.9. The van der Waals surface area contributed by atoms with Gasteiger partial charge in [0.25, 0.3) is 5.91 Å². The molecule has 3 rings (SSSR count). The lowest BCUT2D eigenvalue weighted by atomic mass is 9.84. The summed E-state index contributed by atoms with van der Waals surface area (Å²) in [7, 11) is -3.31. The number of amides is 1. The third-order valence-corrected chi connectivity index (χ3v) is 9.38. The first-order valence-corrected chi connectivity index (χ1v) is 15.2. The number of ether oxygens (including phenoxy) is 1. The van der Waals surface area contributed by atoms with E-state index in [2.05, 4.69) is 15.2 Å². The number of carbonyl (C=O) groups is 1. The van der Waals surface area contributed by atoms with Crippen LogP contribution in [0.4, 0.5) is 22.0 Å². The van der Waals surface area contributed by atoms with E-state index in [1.165, 1.54) is 16.8 Å². The molecule has 0 aliphatic heterocycles. The monoisotopic (exact) mass is 629 g/mol. The number of aliphatic hydroxyl groups is 1. The maximum absolute atomic E-state index is 13.4. The van der Waals surface area contributed by atoms with E-state index in [0.717, 1.165) is 26.2 Å². The molecule has 2 aromatic rings. The molecule has 41 heavy (non-hydrogen) atoms. The Morgan fingerprint density at radius 1 is 1.27 bits per heavy atom. The van der Waals surface area contributed by atoms with E-state index in [1.54, 1.807) is 6.92 Å². The summed E-state index contributed by atoms with van der Waals surface area (Å²) < 4.78 is 96.4. The van der Waals surface area contributed by atoms with Gasteiger partial charge in [-0.2, -0.15) is 27.1 Å². The minimum atomic E-state index is -4.54. The number of rotatable bonds is 10. The molecular weight excluding hydrogens is 597 g/mol. The molecule has 1 aliphatic rings. The van der Waals surface area contributed by atoms with Crippen LogP contribution in [0.25, 0.3) is 11.3 Å². The number of carbonyl (C=O) groups excluding carboxylic acids is 1. The van der Waals surface area contributed by atoms with Crippen LogP contribution in [0.1, 0.15) is 56.1 Å². The van der Waals surface area contributed by atoms with E-state index in [4.69, 9.17) is 11.6 Å². The molecule has 2 N–H and O–H groups in total. The van der Waals surface area contributed by atoms with Crippen molar-refractivity contribution in [2.24, 2.45) is 11.3 Å². The van der Waals surface area contributed by atoms with Gasteiger partial charge in [0.2, 0.25) is 0 Å². The quantitative estimate of drug-likeness (QED) is 0.347. The average molecular weight is 630 g/mol. The van der Waals surface area contributed by atoms with Crippen LogP contribution in [-0.4, -0.2) is 66.2 Å². The van der Waals surface area contributed by atoms with Crippen LogP contribution in [-0.2, 0) is 22.8 Å². The van der Waals surface area contributed by atoms with Crippen LogP contribution < -0.4 is 10.1 Å². The lowest BCUT2D eigenvalue weighted by Gasteiger charge is -2.32. The van der Waals surface area contributed by atoms with Gasteiger partial charge < -0.3 is 15.2 Å². The first kappa shape index (κ1) is 33.1. The van der Waals surface area contributed by atoms with Crippen molar-refractivity contribution < 1.29 is 45.0 Å². The molecule has 1 unspecified atom stereocenters. The number of nitrogens with zero attached hydrogens (tertiary/aromatic N) is 2. The van der Waals surface area contributed by atoms with Gasteiger partial charge in [-0.15, -0.1) is 0 Å². The summed E-state index contributed by atoms with van der Waals surface area (Å²) >= 11 is 6.52. The zero-order valence-corrected chi connectivity index (χ0v) is 24.5. The van der Waals surface area contributed by atoms with Crippen LogP contribution in [0.15, 0.2) is 18.2 Å². The molecule has 8 nitrogen and oxygen atoms in total. The van der Waals surface area contributed by atoms with E-state index in [0.29, 0.717) is 12.8 Å². The number of alkyl halides is 5. The summed E-state index contributed by atoms with van der Waals surface area (Å²) in [6, 6.07) is 3.73. The van der Waals surface area contributed by atoms with Crippen molar-refractivity contribution in [2.75, 3.05) is 12.8 Å². The summed E-state index contributed by atoms with van der Waals surface area (Å²) in [5, 5.41) is 16.4. The summed E-state index contributed by atoms with van der Waals surface area (Å²) in [6.45, 7) is 0.553. The number of aryl methyl sites for hydroxylation is 1. The number of hydrogen-bond donors (Lipinski definition) is 2. The van der Waals surface area contributed by atoms with Gasteiger partial charge in [-0.25, -0.2) is 8.42 Å². The van der Waals surface area contributed by atoms with Gasteiger partial charge in [-0.1, -0.05) is 31.5 Å². The summed E-state index contributed by atoms with van der Waals surface area (Å²) in [5.74, 6) is -1.53. The third kappa shape index (κ3) is 7.69. The highest BCUT2D eigenvalue weighted by atomic mass is 35.5. The van der Waals surface area contributed by atoms with Gasteiger partial charge in [0.05, 0.1) is 27.5 Å². The van der Waals surface area contributed by atoms with Crippen LogP contribution in [0.3, 0.4) is 0 Å². The molecule has 1 aliphatic carbocycles. The van der Waals surface area contributed by atoms with Crippen molar-refractivity contribution in [1.82, 2.24) is 15.1 Å². The second-order valence-electron chi connectivity index (χ2n) is 10.9. The molecule has 1 amide bonds. The molecule has 3 atom stereocenters. The number of aliphatic hydroxyl groups excluding tert-OH is 1. The Kier molecular flexibility index (Phi) is 10.0. The van der Waals surface area contributed by atoms with Gasteiger partial charge in [-0.3, -0.25) is 9.48 Å². The van der Waals surface area contributed by atoms with E-state index in [9.17, 15) is 40.3 Å². The van der Waals surface area contributed by atoms with Crippen molar-refractivity contribution in [3.8, 4) is 17.0 Å². The number of aromatic nitrogens is 2. The highest BCUT2D eigenvalue weighted by Crippen LogP contribution is 2.43. The Hall–Kier alpha value is -2.45. The standard InChI is InChI=1S/C26H33ClF5N3O5S/c1-5-35-22(17-9-6-14(10-19(17)40-24(28)29)12-25(2,3)26(30,31)32)20(27)21(34-35)23(37)33-13-15-7-8-16(11-18(15)36)41(4,38)39/h6,9-10,15-16,18,24,36H,5,7-8,11-13H2,1-4H3,(H,33,37)/t15-,16?,18+/m0/s1. The molecule has 15 heteroatoms. The molecule has 1 heterocycles. The average Bonchev–Trinajstić information content (AvgIpc) is 3.17. The van der Waals surface area contributed by atoms with E-state index in [-0.39, 0.29) is 47.0 Å². The van der Waals surface area contributed by atoms with E-state index in [1.807, 2.05) is 0 Å². The molecule has 1 aromatic heterocycles. The molecule has 0 saturated heterocycles. The minimum Gasteiger partial charge on any atom is -0.434 e. The molecule has 1 aromatic carbocycles. The van der Waals surface area contributed by atoms with Crippen LogP contribution in [0.5, 0.6) is 5.75 Å². The second kappa shape index (κ2) is 12.4. The topological polar surface area (TPSA) is 111 Å². The summed E-state index contributed by atoms with van der Waals surface area (Å²) in [5.41, 5.74) is -2.19. The lowest BCUT2D eigenvalue weighted by Crippen LogP contribution is -2.41. The zero-order chi connectivity index (χ0) is 30.9. The normalized spacial score (nSPS) is 20.3. The fourth-order valence-electron chi connectivity index (χ4n) is 4.85. The molecule has 1 fully saturated rings. The number of nitrogens with one attached hydrogen (secondary N) is 1. The van der Waals surface area contributed by atoms with Gasteiger partial charge in [0.1, 0.15) is 15.6 Å². The molecule has 1 saturated carbocycles. The molecule has 230 valence electrons. The van der Waals surface area contributed by atoms with E-state index < -0.39 is 63.4 Å². The van der Waals surface area contributed by atoms with Gasteiger partial charge in [0.15, 0.2) is 5.69 Å². The van der Waals surface area contributed by atoms with Crippen LogP contribution >= 0.6 is 11.6 Å². The number of sulfone groups is 1. The summed E-state index contributed by atoms with van der Waals surface area (Å²) in [4.78, 5) is 13.0. The van der Waals surface area contributed by atoms with Gasteiger partial charge in [-0.05, 0) is 50.3 Å². The van der Waals surface area contributed by atoms with Crippen molar-refractivity contribution in [2.45, 2.75) is 77.1 Å². The Morgan fingerprint density at radius 3 is 2.46 bits per heavy atom. The van der Waals surface area contributed by atoms with Crippen molar-refractivity contribution in [3.63, 3.8) is 0 Å². The van der Waals surface area contributed by atoms with Crippen LogP contribution in [0, 0.1) is 11.3 Å². The zero-order valence-electron chi connectivity index (χ0n) is 22.9. The third-order valence-electron chi connectivity index (χ3n) is 7.38. The maximum Gasteiger partial charge on any atom is 0.394 e. The Balaban J connectivity index is 1.88. The fraction of sp³-hybridized carbons (Fsp3) is 0.615. The molecular formula is C26H33ClF5N3O5S. The predicted molar refractivity (Wildman–Crippen MR) is 143 cm³/mol. The summed E-state index contributed by atoms with van der Waals surface area (Å²) in [6.07, 6.45) is -4.10. The number of benzene rings is 1. The maximum atomic E-state index is 13.4. The van der Waals surface area contributed by atoms with Crippen molar-refractivity contribution in [3.05, 3.63) is 34.5 Å². The molecule has 0 bridgehead atoms. The SMILES string of the molecule is CCn1nc(C(=O)NC[C@@H]2CCC(S(C)(=O)=O)C[C@H]2O)c(Cl)c1-c1ccc(CC(C)(C)C(F)(F)F)cc1OC(F)F. The predicted octanol–water partition coefficient (Wildman–Crippen LogP) is 5.26. The number of halogens is 6. The fourth-order valence-corrected chi connectivity index (χ4v) is 6.29. The van der Waals surface area contributed by atoms with Gasteiger partial charge >= 0.3 is 12.8 Å². The minimum absolute atomic E-state index is 0.00628. The first-order valence-electron chi connectivity index (χ1n) is 12.9. The van der Waals surface area contributed by atoms with E-state index >= 15 is 0 Å². The van der Waals surface area contributed by atoms with Gasteiger partial charge in [0, 0.05) is 30.8 Å². The molecule has 0 spiro atoms. The Labute approximate surface area is 240 Å². The van der Waals surface area contributed by atoms with Crippen LogP contribution in [0.2, 0.25) is 5.02 Å². The Morgan fingerprint density at radius 2 is 1.93 bits per heavy atom. The lowest BCUT2D eigenvalue weighted by molar-refractivity contribution is -0.211. The number of hydrogen-bond acceptors (Lipinski definition) is 6. The molecule has 0 radical (unpaired) electrons. The smallest absolute Gasteiger partial charge is 0.394 e. The highest BCUT2D eigenvalue weighted by molar-refractivity contribution is 7.91. The highest BCUT2D eigenvalue weighted by Gasteiger charge is 2.47.